The number of alkyl halides is 3. The van der Waals surface area contributed by atoms with Gasteiger partial charge < -0.3 is 5.11 Å². The molecule has 0 fully saturated rings. The Hall–Kier alpha value is -2.82. The normalized spacial score (nSPS) is 11.9. The topological polar surface area (TPSA) is 87.6 Å². The first-order valence-corrected chi connectivity index (χ1v) is 10.5. The number of nitrogens with zero attached hydrogens (tertiary/aromatic N) is 2. The lowest BCUT2D eigenvalue weighted by atomic mass is 10.2. The van der Waals surface area contributed by atoms with E-state index in [4.69, 9.17) is 28.3 Å². The Morgan fingerprint density at radius 1 is 1.03 bits per heavy atom. The molecule has 0 aliphatic heterocycles. The quantitative estimate of drug-likeness (QED) is 0.500. The van der Waals surface area contributed by atoms with Crippen molar-refractivity contribution >= 4 is 50.7 Å². The minimum Gasteiger partial charge on any atom is -0.478 e. The molecule has 1 N–H and O–H groups in total. The molecule has 12 heteroatoms. The highest BCUT2D eigenvalue weighted by atomic mass is 35.5. The van der Waals surface area contributed by atoms with E-state index >= 15 is 0 Å². The minimum atomic E-state index is -4.73. The molecular weight excluding hydrogens is 480 g/mol. The number of rotatable bonds is 5. The number of aromatic carboxylic acids is 1. The van der Waals surface area contributed by atoms with Crippen molar-refractivity contribution in [2.75, 3.05) is 4.31 Å². The second-order valence-electron chi connectivity index (χ2n) is 6.11. The van der Waals surface area contributed by atoms with Gasteiger partial charge in [0.1, 0.15) is 0 Å². The molecule has 6 nitrogen and oxygen atoms in total. The summed E-state index contributed by atoms with van der Waals surface area (Å²) in [7, 11) is -4.48. The standard InChI is InChI=1S/C19H11Cl2F3N2O4S/c20-13-2-1-3-14(9-13)26(17-16(21)8-12(10-25-17)19(22,23)24)31(29,30)15-6-4-11(5-7-15)18(27)28/h1-10H,(H,27,28). The Bertz CT molecular complexity index is 1250. The summed E-state index contributed by atoms with van der Waals surface area (Å²) < 4.78 is 66.3. The van der Waals surface area contributed by atoms with Crippen molar-refractivity contribution in [3.05, 3.63) is 82.0 Å². The maximum Gasteiger partial charge on any atom is 0.417 e. The van der Waals surface area contributed by atoms with Crippen LogP contribution >= 0.6 is 23.2 Å². The SMILES string of the molecule is O=C(O)c1ccc(S(=O)(=O)N(c2cccc(Cl)c2)c2ncc(C(F)(F)F)cc2Cl)cc1. The first-order valence-electron chi connectivity index (χ1n) is 8.28. The van der Waals surface area contributed by atoms with Gasteiger partial charge in [-0.2, -0.15) is 13.2 Å². The molecular formula is C19H11Cl2F3N2O4S. The van der Waals surface area contributed by atoms with Crippen LogP contribution in [0.1, 0.15) is 15.9 Å². The number of pyridine rings is 1. The highest BCUT2D eigenvalue weighted by Gasteiger charge is 2.34. The number of carboxylic acid groups (broad SMARTS) is 1. The zero-order valence-electron chi connectivity index (χ0n) is 15.1. The van der Waals surface area contributed by atoms with Crippen LogP contribution < -0.4 is 4.31 Å². The number of aromatic nitrogens is 1. The predicted molar refractivity (Wildman–Crippen MR) is 108 cm³/mol. The van der Waals surface area contributed by atoms with Crippen LogP contribution in [0.15, 0.2) is 65.7 Å². The monoisotopic (exact) mass is 490 g/mol. The zero-order chi connectivity index (χ0) is 23.0. The van der Waals surface area contributed by atoms with E-state index in [1.807, 2.05) is 0 Å². The number of anilines is 2. The molecule has 1 aromatic heterocycles. The number of carbonyl (C=O) groups is 1. The molecule has 3 aromatic rings. The van der Waals surface area contributed by atoms with Crippen LogP contribution in [0.5, 0.6) is 0 Å². The fraction of sp³-hybridized carbons (Fsp3) is 0.0526. The second kappa shape index (κ2) is 8.37. The van der Waals surface area contributed by atoms with Crippen LogP contribution in [0.2, 0.25) is 10.0 Å². The molecule has 31 heavy (non-hydrogen) atoms. The van der Waals surface area contributed by atoms with E-state index in [-0.39, 0.29) is 21.2 Å². The Labute approximate surface area is 184 Å². The molecule has 0 saturated heterocycles. The summed E-state index contributed by atoms with van der Waals surface area (Å²) in [6.07, 6.45) is -4.27. The van der Waals surface area contributed by atoms with Crippen molar-refractivity contribution in [3.8, 4) is 0 Å². The van der Waals surface area contributed by atoms with Crippen molar-refractivity contribution in [1.82, 2.24) is 4.98 Å². The van der Waals surface area contributed by atoms with Crippen molar-refractivity contribution in [1.29, 1.82) is 0 Å². The van der Waals surface area contributed by atoms with Gasteiger partial charge in [-0.1, -0.05) is 29.3 Å². The van der Waals surface area contributed by atoms with Crippen LogP contribution in [0.4, 0.5) is 24.7 Å². The minimum absolute atomic E-state index is 0.0380. The average molecular weight is 491 g/mol. The van der Waals surface area contributed by atoms with E-state index in [2.05, 4.69) is 4.98 Å². The van der Waals surface area contributed by atoms with Crippen LogP contribution in [-0.4, -0.2) is 24.5 Å². The van der Waals surface area contributed by atoms with Crippen LogP contribution in [0.25, 0.3) is 0 Å². The summed E-state index contributed by atoms with van der Waals surface area (Å²) >= 11 is 12.0. The number of benzene rings is 2. The number of halogens is 5. The van der Waals surface area contributed by atoms with Gasteiger partial charge >= 0.3 is 12.1 Å². The molecule has 0 atom stereocenters. The fourth-order valence-electron chi connectivity index (χ4n) is 2.59. The molecule has 0 unspecified atom stereocenters. The summed E-state index contributed by atoms with van der Waals surface area (Å²) in [4.78, 5) is 14.3. The third kappa shape index (κ3) is 4.76. The van der Waals surface area contributed by atoms with Gasteiger partial charge in [-0.3, -0.25) is 0 Å². The summed E-state index contributed by atoms with van der Waals surface area (Å²) in [6.45, 7) is 0. The van der Waals surface area contributed by atoms with E-state index in [0.717, 1.165) is 24.3 Å². The van der Waals surface area contributed by atoms with Crippen molar-refractivity contribution < 1.29 is 31.5 Å². The lowest BCUT2D eigenvalue weighted by Gasteiger charge is -2.25. The fourth-order valence-corrected chi connectivity index (χ4v) is 4.53. The van der Waals surface area contributed by atoms with E-state index in [1.54, 1.807) is 0 Å². The molecule has 0 bridgehead atoms. The van der Waals surface area contributed by atoms with Crippen LogP contribution in [0.3, 0.4) is 0 Å². The summed E-state index contributed by atoms with van der Waals surface area (Å²) in [6, 6.07) is 10.3. The molecule has 1 heterocycles. The average Bonchev–Trinajstić information content (AvgIpc) is 2.68. The van der Waals surface area contributed by atoms with Gasteiger partial charge in [0.25, 0.3) is 10.0 Å². The van der Waals surface area contributed by atoms with E-state index < -0.39 is 38.6 Å². The molecule has 0 aliphatic rings. The molecule has 0 aliphatic carbocycles. The van der Waals surface area contributed by atoms with E-state index in [1.165, 1.54) is 24.3 Å². The van der Waals surface area contributed by atoms with Gasteiger partial charge in [-0.15, -0.1) is 0 Å². The maximum absolute atomic E-state index is 13.4. The lowest BCUT2D eigenvalue weighted by molar-refractivity contribution is -0.137. The molecule has 0 saturated carbocycles. The van der Waals surface area contributed by atoms with Crippen LogP contribution in [0, 0.1) is 0 Å². The Balaban J connectivity index is 2.21. The Kier molecular flexibility index (Phi) is 6.17. The lowest BCUT2D eigenvalue weighted by Crippen LogP contribution is -2.27. The van der Waals surface area contributed by atoms with E-state index in [0.29, 0.717) is 16.6 Å². The molecule has 162 valence electrons. The van der Waals surface area contributed by atoms with Gasteiger partial charge in [-0.05, 0) is 48.5 Å². The third-order valence-corrected chi connectivity index (χ3v) is 6.27. The van der Waals surface area contributed by atoms with Gasteiger partial charge in [-0.25, -0.2) is 22.5 Å². The first kappa shape index (κ1) is 22.9. The van der Waals surface area contributed by atoms with Gasteiger partial charge in [0.05, 0.1) is 26.7 Å². The van der Waals surface area contributed by atoms with Crippen molar-refractivity contribution in [2.24, 2.45) is 0 Å². The molecule has 0 radical (unpaired) electrons. The van der Waals surface area contributed by atoms with Gasteiger partial charge in [0, 0.05) is 11.2 Å². The highest BCUT2D eigenvalue weighted by molar-refractivity contribution is 7.93. The number of sulfonamides is 1. The number of hydrogen-bond donors (Lipinski definition) is 1. The molecule has 0 spiro atoms. The molecule has 0 amide bonds. The summed E-state index contributed by atoms with van der Waals surface area (Å²) in [5.74, 6) is -1.75. The predicted octanol–water partition coefficient (Wildman–Crippen LogP) is 5.63. The highest BCUT2D eigenvalue weighted by Crippen LogP contribution is 2.39. The largest absolute Gasteiger partial charge is 0.478 e. The molecule has 3 rings (SSSR count). The maximum atomic E-state index is 13.4. The van der Waals surface area contributed by atoms with Crippen molar-refractivity contribution in [2.45, 2.75) is 11.1 Å². The van der Waals surface area contributed by atoms with Gasteiger partial charge in [0.15, 0.2) is 5.82 Å². The number of hydrogen-bond acceptors (Lipinski definition) is 4. The second-order valence-corrected chi connectivity index (χ2v) is 8.74. The van der Waals surface area contributed by atoms with Gasteiger partial charge in [0.2, 0.25) is 0 Å². The Morgan fingerprint density at radius 2 is 1.68 bits per heavy atom. The zero-order valence-corrected chi connectivity index (χ0v) is 17.5. The smallest absolute Gasteiger partial charge is 0.417 e. The third-order valence-electron chi connectivity index (χ3n) is 4.02. The first-order chi connectivity index (χ1) is 14.4. The van der Waals surface area contributed by atoms with Crippen molar-refractivity contribution in [3.63, 3.8) is 0 Å². The Morgan fingerprint density at radius 3 is 2.19 bits per heavy atom. The number of carboxylic acids is 1. The van der Waals surface area contributed by atoms with Crippen LogP contribution in [-0.2, 0) is 16.2 Å². The molecule has 2 aromatic carbocycles. The van der Waals surface area contributed by atoms with E-state index in [9.17, 15) is 26.4 Å². The summed E-state index contributed by atoms with van der Waals surface area (Å²) in [5.41, 5.74) is -1.35. The summed E-state index contributed by atoms with van der Waals surface area (Å²) in [5, 5.41) is 8.59.